The molecule has 0 bridgehead atoms. The number of fused-ring (bicyclic) bond motifs is 1. The monoisotopic (exact) mass is 249 g/mol. The van der Waals surface area contributed by atoms with Gasteiger partial charge >= 0.3 is 0 Å². The summed E-state index contributed by atoms with van der Waals surface area (Å²) in [4.78, 5) is 8.44. The SMILES string of the molecule is NC1CCCC(Oc2ncnc3ccsc23)C1. The fraction of sp³-hybridized carbons (Fsp3) is 0.500. The van der Waals surface area contributed by atoms with E-state index >= 15 is 0 Å². The Bertz CT molecular complexity index is 513. The van der Waals surface area contributed by atoms with Crippen LogP contribution in [0.4, 0.5) is 0 Å². The van der Waals surface area contributed by atoms with Crippen LogP contribution in [0.25, 0.3) is 10.2 Å². The number of hydrogen-bond donors (Lipinski definition) is 1. The molecule has 0 aliphatic heterocycles. The van der Waals surface area contributed by atoms with Crippen molar-refractivity contribution in [3.63, 3.8) is 0 Å². The summed E-state index contributed by atoms with van der Waals surface area (Å²) in [6.45, 7) is 0. The van der Waals surface area contributed by atoms with Crippen molar-refractivity contribution in [2.45, 2.75) is 37.8 Å². The van der Waals surface area contributed by atoms with Crippen molar-refractivity contribution in [2.24, 2.45) is 5.73 Å². The van der Waals surface area contributed by atoms with Gasteiger partial charge in [0.25, 0.3) is 0 Å². The summed E-state index contributed by atoms with van der Waals surface area (Å²) in [5.41, 5.74) is 6.92. The van der Waals surface area contributed by atoms with Gasteiger partial charge in [-0.3, -0.25) is 0 Å². The Labute approximate surface area is 104 Å². The van der Waals surface area contributed by atoms with Crippen molar-refractivity contribution in [2.75, 3.05) is 0 Å². The lowest BCUT2D eigenvalue weighted by Crippen LogP contribution is -2.33. The van der Waals surface area contributed by atoms with E-state index in [-0.39, 0.29) is 12.1 Å². The minimum Gasteiger partial charge on any atom is -0.473 e. The number of thiophene rings is 1. The third-order valence-electron chi connectivity index (χ3n) is 3.16. The Morgan fingerprint density at radius 2 is 2.29 bits per heavy atom. The van der Waals surface area contributed by atoms with Gasteiger partial charge in [-0.15, -0.1) is 11.3 Å². The molecule has 2 aromatic heterocycles. The highest BCUT2D eigenvalue weighted by Crippen LogP contribution is 2.29. The molecule has 5 heteroatoms. The van der Waals surface area contributed by atoms with Gasteiger partial charge in [-0.2, -0.15) is 0 Å². The Kier molecular flexibility index (Phi) is 2.94. The Hall–Kier alpha value is -1.20. The molecule has 0 radical (unpaired) electrons. The highest BCUT2D eigenvalue weighted by molar-refractivity contribution is 7.17. The molecule has 2 aromatic rings. The predicted octanol–water partition coefficient (Wildman–Crippen LogP) is 2.34. The van der Waals surface area contributed by atoms with Gasteiger partial charge < -0.3 is 10.5 Å². The number of aromatic nitrogens is 2. The van der Waals surface area contributed by atoms with Crippen LogP contribution in [0.1, 0.15) is 25.7 Å². The summed E-state index contributed by atoms with van der Waals surface area (Å²) in [6, 6.07) is 2.26. The van der Waals surface area contributed by atoms with E-state index in [2.05, 4.69) is 9.97 Å². The van der Waals surface area contributed by atoms with E-state index in [1.165, 1.54) is 0 Å². The molecule has 0 spiro atoms. The van der Waals surface area contributed by atoms with E-state index in [1.807, 2.05) is 11.4 Å². The highest BCUT2D eigenvalue weighted by Gasteiger charge is 2.21. The molecular formula is C12H15N3OS. The molecule has 0 saturated heterocycles. The molecule has 2 unspecified atom stereocenters. The third kappa shape index (κ3) is 2.25. The van der Waals surface area contributed by atoms with Gasteiger partial charge in [-0.25, -0.2) is 9.97 Å². The summed E-state index contributed by atoms with van der Waals surface area (Å²) < 4.78 is 7.01. The number of hydrogen-bond acceptors (Lipinski definition) is 5. The van der Waals surface area contributed by atoms with E-state index in [1.54, 1.807) is 17.7 Å². The van der Waals surface area contributed by atoms with Crippen molar-refractivity contribution in [3.05, 3.63) is 17.8 Å². The maximum Gasteiger partial charge on any atom is 0.235 e. The molecule has 0 amide bonds. The van der Waals surface area contributed by atoms with Gasteiger partial charge in [0.1, 0.15) is 17.1 Å². The molecule has 0 aromatic carbocycles. The Morgan fingerprint density at radius 3 is 3.18 bits per heavy atom. The lowest BCUT2D eigenvalue weighted by atomic mass is 9.94. The van der Waals surface area contributed by atoms with Crippen LogP contribution in [0.15, 0.2) is 17.8 Å². The average Bonchev–Trinajstić information content (AvgIpc) is 2.78. The summed E-state index contributed by atoms with van der Waals surface area (Å²) >= 11 is 1.62. The second-order valence-electron chi connectivity index (χ2n) is 4.48. The zero-order valence-corrected chi connectivity index (χ0v) is 10.3. The Balaban J connectivity index is 1.82. The smallest absolute Gasteiger partial charge is 0.235 e. The Morgan fingerprint density at radius 1 is 1.35 bits per heavy atom. The van der Waals surface area contributed by atoms with E-state index in [0.717, 1.165) is 35.9 Å². The fourth-order valence-electron chi connectivity index (χ4n) is 2.30. The molecule has 90 valence electrons. The molecule has 1 aliphatic carbocycles. The van der Waals surface area contributed by atoms with Crippen LogP contribution in [-0.2, 0) is 0 Å². The van der Waals surface area contributed by atoms with Gasteiger partial charge in [0.15, 0.2) is 0 Å². The number of ether oxygens (including phenoxy) is 1. The van der Waals surface area contributed by atoms with Crippen molar-refractivity contribution < 1.29 is 4.74 Å². The third-order valence-corrected chi connectivity index (χ3v) is 4.05. The van der Waals surface area contributed by atoms with Gasteiger partial charge in [0, 0.05) is 6.04 Å². The lowest BCUT2D eigenvalue weighted by molar-refractivity contribution is 0.141. The van der Waals surface area contributed by atoms with Crippen LogP contribution in [0.5, 0.6) is 5.88 Å². The molecule has 3 rings (SSSR count). The minimum absolute atomic E-state index is 0.207. The molecule has 2 atom stereocenters. The maximum atomic E-state index is 5.98. The topological polar surface area (TPSA) is 61.0 Å². The van der Waals surface area contributed by atoms with Crippen molar-refractivity contribution in [1.82, 2.24) is 9.97 Å². The second-order valence-corrected chi connectivity index (χ2v) is 5.40. The molecule has 2 heterocycles. The zero-order valence-electron chi connectivity index (χ0n) is 9.50. The first-order valence-electron chi connectivity index (χ1n) is 5.93. The summed E-state index contributed by atoms with van der Waals surface area (Å²) in [5, 5.41) is 2.01. The van der Waals surface area contributed by atoms with E-state index in [9.17, 15) is 0 Å². The number of nitrogens with two attached hydrogens (primary N) is 1. The first-order chi connectivity index (χ1) is 8.33. The largest absolute Gasteiger partial charge is 0.473 e. The van der Waals surface area contributed by atoms with Crippen LogP contribution in [0.3, 0.4) is 0 Å². The van der Waals surface area contributed by atoms with Gasteiger partial charge in [0.2, 0.25) is 5.88 Å². The average molecular weight is 249 g/mol. The quantitative estimate of drug-likeness (QED) is 0.887. The predicted molar refractivity (Wildman–Crippen MR) is 68.3 cm³/mol. The van der Waals surface area contributed by atoms with Crippen LogP contribution < -0.4 is 10.5 Å². The van der Waals surface area contributed by atoms with Crippen LogP contribution >= 0.6 is 11.3 Å². The van der Waals surface area contributed by atoms with Crippen molar-refractivity contribution in [3.8, 4) is 5.88 Å². The normalized spacial score (nSPS) is 25.0. The van der Waals surface area contributed by atoms with Crippen LogP contribution in [-0.4, -0.2) is 22.1 Å². The maximum absolute atomic E-state index is 5.98. The summed E-state index contributed by atoms with van der Waals surface area (Å²) in [7, 11) is 0. The molecule has 1 aliphatic rings. The summed E-state index contributed by atoms with van der Waals surface area (Å²) in [6.07, 6.45) is 6.02. The molecule has 2 N–H and O–H groups in total. The van der Waals surface area contributed by atoms with Gasteiger partial charge in [-0.05, 0) is 37.1 Å². The van der Waals surface area contributed by atoms with Gasteiger partial charge in [0.05, 0.1) is 5.52 Å². The summed E-state index contributed by atoms with van der Waals surface area (Å²) in [5.74, 6) is 0.712. The van der Waals surface area contributed by atoms with E-state index in [0.29, 0.717) is 5.88 Å². The van der Waals surface area contributed by atoms with E-state index < -0.39 is 0 Å². The van der Waals surface area contributed by atoms with Gasteiger partial charge in [-0.1, -0.05) is 0 Å². The van der Waals surface area contributed by atoms with Crippen LogP contribution in [0, 0.1) is 0 Å². The second kappa shape index (κ2) is 4.58. The molecule has 1 saturated carbocycles. The lowest BCUT2D eigenvalue weighted by Gasteiger charge is -2.26. The highest BCUT2D eigenvalue weighted by atomic mass is 32.1. The van der Waals surface area contributed by atoms with Crippen molar-refractivity contribution in [1.29, 1.82) is 0 Å². The van der Waals surface area contributed by atoms with Crippen molar-refractivity contribution >= 4 is 21.6 Å². The fourth-order valence-corrected chi connectivity index (χ4v) is 3.07. The first kappa shape index (κ1) is 10.9. The minimum atomic E-state index is 0.207. The number of nitrogens with zero attached hydrogens (tertiary/aromatic N) is 2. The number of rotatable bonds is 2. The van der Waals surface area contributed by atoms with E-state index in [4.69, 9.17) is 10.5 Å². The first-order valence-corrected chi connectivity index (χ1v) is 6.81. The molecule has 17 heavy (non-hydrogen) atoms. The molecule has 1 fully saturated rings. The molecule has 4 nitrogen and oxygen atoms in total. The van der Waals surface area contributed by atoms with Crippen LogP contribution in [0.2, 0.25) is 0 Å². The standard InChI is InChI=1S/C12H15N3OS/c13-8-2-1-3-9(6-8)16-12-11-10(4-5-17-11)14-7-15-12/h4-5,7-9H,1-3,6,13H2. The zero-order chi connectivity index (χ0) is 11.7. The molecular weight excluding hydrogens is 234 g/mol.